The monoisotopic (exact) mass is 279 g/mol. The van der Waals surface area contributed by atoms with Crippen molar-refractivity contribution in [2.75, 3.05) is 40.4 Å². The number of nitrogens with zero attached hydrogens (tertiary/aromatic N) is 2. The zero-order valence-electron chi connectivity index (χ0n) is 13.0. The Bertz CT molecular complexity index is 355. The molecule has 4 nitrogen and oxygen atoms in total. The van der Waals surface area contributed by atoms with Crippen LogP contribution in [0.5, 0.6) is 0 Å². The normalized spacial score (nSPS) is 29.1. The molecule has 0 aromatic rings. The average Bonchev–Trinajstić information content (AvgIpc) is 3.11. The lowest BCUT2D eigenvalue weighted by Crippen LogP contribution is -2.48. The topological polar surface area (TPSA) is 36.9 Å². The van der Waals surface area contributed by atoms with Gasteiger partial charge in [-0.2, -0.15) is 0 Å². The molecule has 2 aliphatic carbocycles. The molecule has 4 heteroatoms. The van der Waals surface area contributed by atoms with Crippen molar-refractivity contribution in [3.63, 3.8) is 0 Å². The maximum Gasteiger partial charge on any atom is 0.193 e. The van der Waals surface area contributed by atoms with E-state index < -0.39 is 0 Å². The number of guanidine groups is 1. The van der Waals surface area contributed by atoms with Crippen molar-refractivity contribution >= 4 is 5.96 Å². The molecule has 1 atom stereocenters. The summed E-state index contributed by atoms with van der Waals surface area (Å²) in [6.07, 6.45) is 8.36. The van der Waals surface area contributed by atoms with E-state index in [1.165, 1.54) is 38.5 Å². The first-order chi connectivity index (χ1) is 9.73. The Morgan fingerprint density at radius 1 is 1.35 bits per heavy atom. The van der Waals surface area contributed by atoms with Crippen molar-refractivity contribution in [2.24, 2.45) is 22.2 Å². The van der Waals surface area contributed by atoms with E-state index in [1.54, 1.807) is 0 Å². The molecule has 1 unspecified atom stereocenters. The van der Waals surface area contributed by atoms with E-state index >= 15 is 0 Å². The van der Waals surface area contributed by atoms with E-state index in [0.717, 1.165) is 38.2 Å². The highest BCUT2D eigenvalue weighted by Gasteiger charge is 2.48. The molecule has 1 saturated heterocycles. The molecule has 3 aliphatic rings. The van der Waals surface area contributed by atoms with Crippen molar-refractivity contribution in [3.8, 4) is 0 Å². The van der Waals surface area contributed by atoms with Crippen molar-refractivity contribution in [2.45, 2.75) is 38.5 Å². The third-order valence-electron chi connectivity index (χ3n) is 5.52. The molecule has 0 bridgehead atoms. The molecule has 114 valence electrons. The van der Waals surface area contributed by atoms with Gasteiger partial charge in [0.25, 0.3) is 0 Å². The van der Waals surface area contributed by atoms with Gasteiger partial charge in [-0.05, 0) is 43.4 Å². The van der Waals surface area contributed by atoms with Crippen LogP contribution in [0.2, 0.25) is 0 Å². The van der Waals surface area contributed by atoms with E-state index in [-0.39, 0.29) is 0 Å². The molecule has 20 heavy (non-hydrogen) atoms. The molecule has 0 aromatic carbocycles. The summed E-state index contributed by atoms with van der Waals surface area (Å²) in [7, 11) is 4.05. The van der Waals surface area contributed by atoms with Gasteiger partial charge in [0, 0.05) is 39.7 Å². The van der Waals surface area contributed by atoms with Crippen molar-refractivity contribution in [1.29, 1.82) is 0 Å². The predicted octanol–water partition coefficient (Wildman–Crippen LogP) is 2.11. The molecular weight excluding hydrogens is 250 g/mol. The highest BCUT2D eigenvalue weighted by atomic mass is 16.5. The van der Waals surface area contributed by atoms with Crippen LogP contribution >= 0.6 is 0 Å². The molecule has 2 saturated carbocycles. The van der Waals surface area contributed by atoms with Gasteiger partial charge in [-0.1, -0.05) is 6.42 Å². The number of hydrogen-bond donors (Lipinski definition) is 1. The van der Waals surface area contributed by atoms with Gasteiger partial charge >= 0.3 is 0 Å². The Labute approximate surface area is 123 Å². The highest BCUT2D eigenvalue weighted by Crippen LogP contribution is 2.56. The molecule has 1 aliphatic heterocycles. The van der Waals surface area contributed by atoms with Crippen LogP contribution in [0.25, 0.3) is 0 Å². The molecular formula is C16H29N3O. The number of hydrogen-bond acceptors (Lipinski definition) is 2. The summed E-state index contributed by atoms with van der Waals surface area (Å²) in [6, 6.07) is 0. The number of rotatable bonds is 5. The summed E-state index contributed by atoms with van der Waals surface area (Å²) in [5, 5.41) is 3.64. The molecule has 1 heterocycles. The van der Waals surface area contributed by atoms with E-state index in [0.29, 0.717) is 11.3 Å². The number of aliphatic imine (C=N–C) groups is 1. The summed E-state index contributed by atoms with van der Waals surface area (Å²) in [5.74, 6) is 2.72. The minimum atomic E-state index is 0.604. The Balaban J connectivity index is 1.48. The highest BCUT2D eigenvalue weighted by molar-refractivity contribution is 5.79. The van der Waals surface area contributed by atoms with Gasteiger partial charge in [0.1, 0.15) is 0 Å². The minimum absolute atomic E-state index is 0.604. The average molecular weight is 279 g/mol. The molecule has 3 rings (SSSR count). The lowest BCUT2D eigenvalue weighted by molar-refractivity contribution is 0.104. The largest absolute Gasteiger partial charge is 0.381 e. The number of ether oxygens (including phenoxy) is 1. The lowest BCUT2D eigenvalue weighted by Gasteiger charge is -2.43. The van der Waals surface area contributed by atoms with Gasteiger partial charge in [-0.25, -0.2) is 0 Å². The first-order valence-electron chi connectivity index (χ1n) is 8.23. The molecule has 0 spiro atoms. The predicted molar refractivity (Wildman–Crippen MR) is 81.9 cm³/mol. The first-order valence-corrected chi connectivity index (χ1v) is 8.23. The van der Waals surface area contributed by atoms with Gasteiger partial charge in [-0.15, -0.1) is 0 Å². The Kier molecular flexibility index (Phi) is 4.20. The van der Waals surface area contributed by atoms with E-state index in [2.05, 4.69) is 22.3 Å². The Hall–Kier alpha value is -0.770. The smallest absolute Gasteiger partial charge is 0.193 e. The summed E-state index contributed by atoms with van der Waals surface area (Å²) >= 11 is 0. The van der Waals surface area contributed by atoms with Crippen LogP contribution in [0, 0.1) is 17.3 Å². The summed E-state index contributed by atoms with van der Waals surface area (Å²) in [5.41, 5.74) is 0.604. The summed E-state index contributed by atoms with van der Waals surface area (Å²) in [4.78, 5) is 6.74. The molecule has 0 radical (unpaired) electrons. The van der Waals surface area contributed by atoms with Gasteiger partial charge in [-0.3, -0.25) is 4.99 Å². The first kappa shape index (κ1) is 14.2. The minimum Gasteiger partial charge on any atom is -0.381 e. The fourth-order valence-corrected chi connectivity index (χ4v) is 3.90. The molecule has 3 fully saturated rings. The van der Waals surface area contributed by atoms with Crippen LogP contribution in [0.15, 0.2) is 4.99 Å². The Morgan fingerprint density at radius 3 is 2.65 bits per heavy atom. The third-order valence-corrected chi connectivity index (χ3v) is 5.52. The summed E-state index contributed by atoms with van der Waals surface area (Å²) < 4.78 is 5.46. The van der Waals surface area contributed by atoms with Crippen LogP contribution in [-0.4, -0.2) is 51.3 Å². The maximum atomic E-state index is 5.46. The van der Waals surface area contributed by atoms with E-state index in [4.69, 9.17) is 4.74 Å². The number of nitrogens with one attached hydrogen (secondary N) is 1. The van der Waals surface area contributed by atoms with Crippen LogP contribution in [0.3, 0.4) is 0 Å². The van der Waals surface area contributed by atoms with Crippen LogP contribution in [0.1, 0.15) is 38.5 Å². The van der Waals surface area contributed by atoms with Crippen molar-refractivity contribution in [3.05, 3.63) is 0 Å². The second-order valence-electron chi connectivity index (χ2n) is 7.00. The fourth-order valence-electron chi connectivity index (χ4n) is 3.90. The summed E-state index contributed by atoms with van der Waals surface area (Å²) in [6.45, 7) is 4.01. The zero-order valence-corrected chi connectivity index (χ0v) is 13.0. The second-order valence-corrected chi connectivity index (χ2v) is 7.00. The van der Waals surface area contributed by atoms with Crippen molar-refractivity contribution < 1.29 is 4.74 Å². The zero-order chi connectivity index (χ0) is 14.0. The van der Waals surface area contributed by atoms with Crippen LogP contribution < -0.4 is 5.32 Å². The standard InChI is InChI=1S/C16H29N3O/c1-17-15(19(2)10-13-6-9-20-11-13)18-12-16(7-3-8-16)14-4-5-14/h13-14H,3-12H2,1-2H3,(H,17,18). The SMILES string of the molecule is CN=C(NCC1(C2CC2)CCC1)N(C)CC1CCOC1. The maximum absolute atomic E-state index is 5.46. The molecule has 0 aromatic heterocycles. The van der Waals surface area contributed by atoms with Crippen LogP contribution in [-0.2, 0) is 4.74 Å². The van der Waals surface area contributed by atoms with Crippen LogP contribution in [0.4, 0.5) is 0 Å². The van der Waals surface area contributed by atoms with Crippen molar-refractivity contribution in [1.82, 2.24) is 10.2 Å². The third kappa shape index (κ3) is 2.95. The second kappa shape index (κ2) is 5.92. The molecule has 1 N–H and O–H groups in total. The lowest BCUT2D eigenvalue weighted by atomic mass is 9.65. The van der Waals surface area contributed by atoms with E-state index in [9.17, 15) is 0 Å². The fraction of sp³-hybridized carbons (Fsp3) is 0.938. The van der Waals surface area contributed by atoms with Gasteiger partial charge in [0.05, 0.1) is 6.61 Å². The Morgan fingerprint density at radius 2 is 2.15 bits per heavy atom. The quantitative estimate of drug-likeness (QED) is 0.618. The molecule has 0 amide bonds. The van der Waals surface area contributed by atoms with Gasteiger partial charge < -0.3 is 15.0 Å². The van der Waals surface area contributed by atoms with Gasteiger partial charge in [0.2, 0.25) is 0 Å². The van der Waals surface area contributed by atoms with Gasteiger partial charge in [0.15, 0.2) is 5.96 Å². The van der Waals surface area contributed by atoms with E-state index in [1.807, 2.05) is 7.05 Å².